The number of aliphatic hydroxyl groups is 1. The zero-order valence-corrected chi connectivity index (χ0v) is 20.5. The molecule has 0 fully saturated rings. The van der Waals surface area contributed by atoms with Crippen LogP contribution in [0.5, 0.6) is 0 Å². The number of fused-ring (bicyclic) bond motifs is 1. The van der Waals surface area contributed by atoms with Crippen molar-refractivity contribution in [3.63, 3.8) is 0 Å². The van der Waals surface area contributed by atoms with E-state index < -0.39 is 11.7 Å². The van der Waals surface area contributed by atoms with Crippen molar-refractivity contribution in [1.29, 1.82) is 0 Å². The molecule has 0 saturated carbocycles. The van der Waals surface area contributed by atoms with Crippen LogP contribution in [0.3, 0.4) is 0 Å². The summed E-state index contributed by atoms with van der Waals surface area (Å²) < 4.78 is 13.3. The largest absolute Gasteiger partial charge is 0.395 e. The number of aromatic nitrogens is 4. The summed E-state index contributed by atoms with van der Waals surface area (Å²) in [6.45, 7) is 4.92. The fraction of sp³-hybridized carbons (Fsp3) is 0.259. The third kappa shape index (κ3) is 7.10. The number of nitrogens with one attached hydrogen (secondary N) is 3. The van der Waals surface area contributed by atoms with Crippen molar-refractivity contribution in [1.82, 2.24) is 25.1 Å². The number of rotatable bonds is 10. The number of hydrogen-bond acceptors (Lipinski definition) is 7. The summed E-state index contributed by atoms with van der Waals surface area (Å²) in [4.78, 5) is 23.3. The van der Waals surface area contributed by atoms with E-state index in [9.17, 15) is 9.18 Å². The van der Waals surface area contributed by atoms with Crippen LogP contribution >= 0.6 is 0 Å². The number of nitrogens with zero attached hydrogens (tertiary/aromatic N) is 4. The lowest BCUT2D eigenvalue weighted by molar-refractivity contribution is 0.102. The highest BCUT2D eigenvalue weighted by Crippen LogP contribution is 2.21. The number of likely N-dealkylation sites (N-methyl/N-ethyl adjacent to an activating group) is 1. The van der Waals surface area contributed by atoms with Gasteiger partial charge in [0.05, 0.1) is 24.4 Å². The van der Waals surface area contributed by atoms with Crippen LogP contribution in [-0.2, 0) is 6.54 Å². The van der Waals surface area contributed by atoms with Crippen LogP contribution < -0.4 is 10.6 Å². The Hall–Kier alpha value is -4.33. The van der Waals surface area contributed by atoms with Crippen LogP contribution in [0.25, 0.3) is 10.9 Å². The topological polar surface area (TPSA) is 119 Å². The summed E-state index contributed by atoms with van der Waals surface area (Å²) in [5.41, 5.74) is 2.86. The Balaban J connectivity index is 1.37. The predicted molar refractivity (Wildman–Crippen MR) is 141 cm³/mol. The number of anilines is 2. The molecule has 2 aromatic carbocycles. The second kappa shape index (κ2) is 12.6. The molecule has 4 N–H and O–H groups in total. The minimum Gasteiger partial charge on any atom is -0.395 e. The lowest BCUT2D eigenvalue weighted by Crippen LogP contribution is -2.27. The highest BCUT2D eigenvalue weighted by molar-refractivity contribution is 6.02. The van der Waals surface area contributed by atoms with Crippen molar-refractivity contribution in [2.45, 2.75) is 19.9 Å². The average Bonchev–Trinajstić information content (AvgIpc) is 3.38. The Morgan fingerprint density at radius 3 is 2.86 bits per heavy atom. The van der Waals surface area contributed by atoms with Crippen molar-refractivity contribution >= 4 is 28.3 Å². The highest BCUT2D eigenvalue weighted by Gasteiger charge is 2.12. The molecular weight excluding hydrogens is 473 g/mol. The Bertz CT molecular complexity index is 1430. The predicted octanol–water partition coefficient (Wildman–Crippen LogP) is 3.41. The minimum absolute atomic E-state index is 0.148. The Morgan fingerprint density at radius 2 is 2.05 bits per heavy atom. The van der Waals surface area contributed by atoms with Crippen LogP contribution in [0.4, 0.5) is 15.9 Å². The number of aromatic amines is 1. The van der Waals surface area contributed by atoms with Gasteiger partial charge < -0.3 is 20.6 Å². The molecule has 0 bridgehead atoms. The molecule has 4 aromatic rings. The number of carbonyl (C=O) groups is 1. The van der Waals surface area contributed by atoms with Gasteiger partial charge in [-0.25, -0.2) is 14.4 Å². The number of H-pyrrole nitrogens is 1. The van der Waals surface area contributed by atoms with Crippen LogP contribution in [0, 0.1) is 17.7 Å². The standard InChI is InChI=1S/C27H28FN7O2/c1-2-35(12-13-36)11-4-3-6-19-9-10-23-24(14-19)30-18-31-26(23)29-17-22-16-25(34-33-22)27(37)32-21-8-5-7-20(28)15-21/h5,7-10,14-16,18,36H,2,4,11-13,17H2,1H3,(H,32,37)(H,33,34)(H,29,30,31). The first kappa shape index (κ1) is 25.8. The lowest BCUT2D eigenvalue weighted by Gasteiger charge is -2.16. The summed E-state index contributed by atoms with van der Waals surface area (Å²) in [5, 5.41) is 22.7. The smallest absolute Gasteiger partial charge is 0.276 e. The van der Waals surface area contributed by atoms with Crippen molar-refractivity contribution in [2.24, 2.45) is 0 Å². The van der Waals surface area contributed by atoms with E-state index in [1.54, 1.807) is 12.1 Å². The van der Waals surface area contributed by atoms with Gasteiger partial charge in [-0.3, -0.25) is 9.89 Å². The zero-order chi connectivity index (χ0) is 26.0. The zero-order valence-electron chi connectivity index (χ0n) is 20.5. The molecule has 1 amide bonds. The summed E-state index contributed by atoms with van der Waals surface area (Å²) in [6, 6.07) is 13.1. The molecule has 190 valence electrons. The van der Waals surface area contributed by atoms with Crippen molar-refractivity contribution < 1.29 is 14.3 Å². The number of benzene rings is 2. The number of hydrogen-bond donors (Lipinski definition) is 4. The van der Waals surface area contributed by atoms with Gasteiger partial charge in [-0.05, 0) is 49.0 Å². The van der Waals surface area contributed by atoms with Crippen LogP contribution in [0.1, 0.15) is 35.1 Å². The van der Waals surface area contributed by atoms with E-state index in [4.69, 9.17) is 5.11 Å². The lowest BCUT2D eigenvalue weighted by atomic mass is 10.1. The van der Waals surface area contributed by atoms with Gasteiger partial charge in [-0.1, -0.05) is 24.8 Å². The molecule has 4 rings (SSSR count). The maximum atomic E-state index is 13.3. The average molecular weight is 502 g/mol. The minimum atomic E-state index is -0.440. The van der Waals surface area contributed by atoms with Gasteiger partial charge in [-0.2, -0.15) is 5.10 Å². The second-order valence-corrected chi connectivity index (χ2v) is 8.26. The maximum absolute atomic E-state index is 13.3. The molecule has 0 spiro atoms. The van der Waals surface area contributed by atoms with Gasteiger partial charge in [0, 0.05) is 36.1 Å². The van der Waals surface area contributed by atoms with Gasteiger partial charge in [-0.15, -0.1) is 0 Å². The number of carbonyl (C=O) groups excluding carboxylic acids is 1. The van der Waals surface area contributed by atoms with Crippen molar-refractivity contribution in [2.75, 3.05) is 36.9 Å². The van der Waals surface area contributed by atoms with Crippen LogP contribution in [-0.4, -0.2) is 62.3 Å². The molecule has 0 saturated heterocycles. The first-order valence-corrected chi connectivity index (χ1v) is 12.0. The fourth-order valence-corrected chi connectivity index (χ4v) is 3.73. The molecular formula is C27H28FN7O2. The van der Waals surface area contributed by atoms with Gasteiger partial charge in [0.25, 0.3) is 5.91 Å². The Kier molecular flexibility index (Phi) is 8.75. The number of halogens is 1. The normalized spacial score (nSPS) is 10.8. The molecule has 10 heteroatoms. The van der Waals surface area contributed by atoms with Crippen molar-refractivity contribution in [3.05, 3.63) is 77.6 Å². The number of aliphatic hydroxyl groups excluding tert-OH is 1. The van der Waals surface area contributed by atoms with Gasteiger partial charge in [0.15, 0.2) is 5.69 Å². The molecule has 0 aliphatic heterocycles. The third-order valence-electron chi connectivity index (χ3n) is 5.68. The molecule has 2 aromatic heterocycles. The summed E-state index contributed by atoms with van der Waals surface area (Å²) in [5.74, 6) is 6.14. The van der Waals surface area contributed by atoms with E-state index in [1.807, 2.05) is 18.2 Å². The second-order valence-electron chi connectivity index (χ2n) is 8.26. The first-order valence-electron chi connectivity index (χ1n) is 12.0. The van der Waals surface area contributed by atoms with Gasteiger partial charge in [0.2, 0.25) is 0 Å². The summed E-state index contributed by atoms with van der Waals surface area (Å²) in [7, 11) is 0. The summed E-state index contributed by atoms with van der Waals surface area (Å²) in [6.07, 6.45) is 2.20. The first-order chi connectivity index (χ1) is 18.1. The number of amides is 1. The molecule has 9 nitrogen and oxygen atoms in total. The molecule has 0 aliphatic rings. The summed E-state index contributed by atoms with van der Waals surface area (Å²) >= 11 is 0. The Morgan fingerprint density at radius 1 is 1.16 bits per heavy atom. The molecule has 37 heavy (non-hydrogen) atoms. The third-order valence-corrected chi connectivity index (χ3v) is 5.68. The maximum Gasteiger partial charge on any atom is 0.276 e. The van der Waals surface area contributed by atoms with E-state index in [0.717, 1.165) is 36.0 Å². The van der Waals surface area contributed by atoms with Crippen LogP contribution in [0.2, 0.25) is 0 Å². The molecule has 0 unspecified atom stereocenters. The van der Waals surface area contributed by atoms with Gasteiger partial charge >= 0.3 is 0 Å². The molecule has 0 radical (unpaired) electrons. The SMILES string of the molecule is CCN(CCO)CCC#Cc1ccc2c(NCc3cc(C(=O)Nc4cccc(F)c4)n[nH]3)ncnc2c1. The molecule has 0 aliphatic carbocycles. The quantitative estimate of drug-likeness (QED) is 0.246. The van der Waals surface area contributed by atoms with Gasteiger partial charge in [0.1, 0.15) is 18.0 Å². The monoisotopic (exact) mass is 501 g/mol. The van der Waals surface area contributed by atoms with Crippen molar-refractivity contribution in [3.8, 4) is 11.8 Å². The molecule has 2 heterocycles. The fourth-order valence-electron chi connectivity index (χ4n) is 3.73. The van der Waals surface area contributed by atoms with E-state index >= 15 is 0 Å². The van der Waals surface area contributed by atoms with E-state index in [0.29, 0.717) is 30.3 Å². The molecule has 0 atom stereocenters. The van der Waals surface area contributed by atoms with E-state index in [-0.39, 0.29) is 12.3 Å². The highest BCUT2D eigenvalue weighted by atomic mass is 19.1. The Labute approximate surface area is 214 Å². The van der Waals surface area contributed by atoms with Crippen LogP contribution in [0.15, 0.2) is 54.9 Å². The van der Waals surface area contributed by atoms with E-state index in [1.165, 1.54) is 24.5 Å². The van der Waals surface area contributed by atoms with E-state index in [2.05, 4.69) is 54.5 Å².